The first-order chi connectivity index (χ1) is 18.4. The fraction of sp³-hybridized carbons (Fsp3) is 0.179. The zero-order valence-electron chi connectivity index (χ0n) is 20.1. The van der Waals surface area contributed by atoms with Gasteiger partial charge in [0.25, 0.3) is 5.56 Å². The van der Waals surface area contributed by atoms with Crippen molar-refractivity contribution in [2.45, 2.75) is 6.54 Å². The van der Waals surface area contributed by atoms with Crippen molar-refractivity contribution >= 4 is 51.7 Å². The van der Waals surface area contributed by atoms with Crippen LogP contribution >= 0.6 is 23.6 Å². The quantitative estimate of drug-likeness (QED) is 0.285. The third kappa shape index (κ3) is 4.10. The zero-order chi connectivity index (χ0) is 26.4. The average molecular weight is 549 g/mol. The molecular weight excluding hydrogens is 526 g/mol. The highest BCUT2D eigenvalue weighted by Crippen LogP contribution is 2.34. The first kappa shape index (κ1) is 24.4. The number of hydrogen-bond acceptors (Lipinski definition) is 5. The summed E-state index contributed by atoms with van der Waals surface area (Å²) in [6.45, 7) is 1.50. The number of benzene rings is 3. The lowest BCUT2D eigenvalue weighted by molar-refractivity contribution is -0.132. The van der Waals surface area contributed by atoms with Crippen LogP contribution in [0.15, 0.2) is 77.6 Å². The van der Waals surface area contributed by atoms with Gasteiger partial charge in [0.05, 0.1) is 21.5 Å². The van der Waals surface area contributed by atoms with Gasteiger partial charge in [0.1, 0.15) is 23.8 Å². The Morgan fingerprint density at radius 1 is 0.868 bits per heavy atom. The fourth-order valence-corrected chi connectivity index (χ4v) is 6.47. The van der Waals surface area contributed by atoms with Gasteiger partial charge in [-0.3, -0.25) is 18.6 Å². The summed E-state index contributed by atoms with van der Waals surface area (Å²) in [4.78, 5) is 31.3. The van der Waals surface area contributed by atoms with Gasteiger partial charge in [0.15, 0.2) is 3.95 Å². The molecule has 0 saturated carbocycles. The van der Waals surface area contributed by atoms with Crippen molar-refractivity contribution in [2.24, 2.45) is 0 Å². The Hall–Kier alpha value is -3.89. The Balaban J connectivity index is 1.40. The fourth-order valence-electron chi connectivity index (χ4n) is 5.02. The maximum absolute atomic E-state index is 14.9. The van der Waals surface area contributed by atoms with Crippen molar-refractivity contribution in [1.82, 2.24) is 13.9 Å². The van der Waals surface area contributed by atoms with Crippen LogP contribution in [0.1, 0.15) is 0 Å². The van der Waals surface area contributed by atoms with E-state index in [1.54, 1.807) is 63.9 Å². The Bertz CT molecular complexity index is 1820. The SMILES string of the molecule is O=C(Cn1c(=O)c2ccccc2n2c(=S)sc(-c3ccccc3F)c12)N1CCN(c2ccccc2F)CC1. The monoisotopic (exact) mass is 548 g/mol. The molecule has 2 aromatic heterocycles. The molecule has 1 amide bonds. The van der Waals surface area contributed by atoms with E-state index in [2.05, 4.69) is 0 Å². The van der Waals surface area contributed by atoms with E-state index in [1.165, 1.54) is 28.0 Å². The molecule has 0 atom stereocenters. The smallest absolute Gasteiger partial charge is 0.262 e. The number of nitrogens with zero attached hydrogens (tertiary/aromatic N) is 4. The number of carbonyl (C=O) groups is 1. The van der Waals surface area contributed by atoms with Crippen LogP contribution in [0, 0.1) is 15.6 Å². The molecule has 38 heavy (non-hydrogen) atoms. The van der Waals surface area contributed by atoms with Crippen LogP contribution in [0.4, 0.5) is 14.5 Å². The lowest BCUT2D eigenvalue weighted by Crippen LogP contribution is -2.50. The summed E-state index contributed by atoms with van der Waals surface area (Å²) in [6, 6.07) is 20.0. The first-order valence-corrected chi connectivity index (χ1v) is 13.4. The minimum atomic E-state index is -0.436. The second-order valence-corrected chi connectivity index (χ2v) is 10.7. The van der Waals surface area contributed by atoms with Gasteiger partial charge in [-0.2, -0.15) is 0 Å². The second-order valence-electron chi connectivity index (χ2n) is 9.06. The summed E-state index contributed by atoms with van der Waals surface area (Å²) in [5.74, 6) is -0.977. The molecule has 0 bridgehead atoms. The number of para-hydroxylation sites is 2. The van der Waals surface area contributed by atoms with E-state index in [1.807, 2.05) is 11.0 Å². The van der Waals surface area contributed by atoms with Gasteiger partial charge in [0.2, 0.25) is 5.91 Å². The van der Waals surface area contributed by atoms with Crippen molar-refractivity contribution in [3.05, 3.63) is 98.7 Å². The molecule has 10 heteroatoms. The minimum Gasteiger partial charge on any atom is -0.366 e. The number of thiazole rings is 1. The molecule has 6 nitrogen and oxygen atoms in total. The third-order valence-corrected chi connectivity index (χ3v) is 8.30. The van der Waals surface area contributed by atoms with Crippen LogP contribution in [-0.2, 0) is 11.3 Å². The zero-order valence-corrected chi connectivity index (χ0v) is 21.8. The van der Waals surface area contributed by atoms with Crippen LogP contribution in [0.5, 0.6) is 0 Å². The molecule has 192 valence electrons. The van der Waals surface area contributed by atoms with Crippen LogP contribution < -0.4 is 10.5 Å². The molecular formula is C28H22F2N4O2S2. The van der Waals surface area contributed by atoms with Crippen molar-refractivity contribution in [3.63, 3.8) is 0 Å². The maximum atomic E-state index is 14.9. The summed E-state index contributed by atoms with van der Waals surface area (Å²) >= 11 is 6.87. The summed E-state index contributed by atoms with van der Waals surface area (Å²) in [7, 11) is 0. The van der Waals surface area contributed by atoms with Gasteiger partial charge < -0.3 is 9.80 Å². The number of hydrogen-bond donors (Lipinski definition) is 0. The van der Waals surface area contributed by atoms with Crippen LogP contribution in [0.3, 0.4) is 0 Å². The van der Waals surface area contributed by atoms with Crippen molar-refractivity contribution in [1.29, 1.82) is 0 Å². The number of amides is 1. The van der Waals surface area contributed by atoms with Crippen LogP contribution in [-0.4, -0.2) is 46.0 Å². The summed E-state index contributed by atoms with van der Waals surface area (Å²) in [5, 5.41) is 0.422. The van der Waals surface area contributed by atoms with Gasteiger partial charge >= 0.3 is 0 Å². The maximum Gasteiger partial charge on any atom is 0.262 e. The third-order valence-electron chi connectivity index (χ3n) is 6.90. The highest BCUT2D eigenvalue weighted by Gasteiger charge is 2.26. The van der Waals surface area contributed by atoms with Crippen LogP contribution in [0.25, 0.3) is 27.0 Å². The minimum absolute atomic E-state index is 0.222. The van der Waals surface area contributed by atoms with E-state index < -0.39 is 5.82 Å². The Kier molecular flexibility index (Phi) is 6.29. The molecule has 3 heterocycles. The molecule has 0 aliphatic carbocycles. The molecule has 5 aromatic rings. The lowest BCUT2D eigenvalue weighted by Gasteiger charge is -2.36. The molecule has 0 unspecified atom stereocenters. The Morgan fingerprint density at radius 3 is 2.26 bits per heavy atom. The summed E-state index contributed by atoms with van der Waals surface area (Å²) in [6.07, 6.45) is 0. The summed E-state index contributed by atoms with van der Waals surface area (Å²) < 4.78 is 32.7. The van der Waals surface area contributed by atoms with Crippen LogP contribution in [0.2, 0.25) is 0 Å². The molecule has 6 rings (SSSR count). The number of carbonyl (C=O) groups excluding carboxylic acids is 1. The number of halogens is 2. The van der Waals surface area contributed by atoms with Gasteiger partial charge in [-0.1, -0.05) is 42.5 Å². The molecule has 0 radical (unpaired) electrons. The number of piperazine rings is 1. The number of anilines is 1. The number of rotatable bonds is 4. The molecule has 1 saturated heterocycles. The molecule has 1 fully saturated rings. The van der Waals surface area contributed by atoms with E-state index in [4.69, 9.17) is 12.2 Å². The summed E-state index contributed by atoms with van der Waals surface area (Å²) in [5.41, 5.74) is 1.49. The van der Waals surface area contributed by atoms with Crippen molar-refractivity contribution in [2.75, 3.05) is 31.1 Å². The number of aromatic nitrogens is 2. The van der Waals surface area contributed by atoms with Gasteiger partial charge in [-0.15, -0.1) is 11.3 Å². The lowest BCUT2D eigenvalue weighted by atomic mass is 10.1. The molecule has 0 N–H and O–H groups in total. The normalized spacial score (nSPS) is 13.9. The second kappa shape index (κ2) is 9.77. The molecule has 1 aliphatic rings. The van der Waals surface area contributed by atoms with Gasteiger partial charge in [0, 0.05) is 31.7 Å². The highest BCUT2D eigenvalue weighted by molar-refractivity contribution is 7.73. The Morgan fingerprint density at radius 2 is 1.53 bits per heavy atom. The Labute approximate surface area is 225 Å². The van der Waals surface area contributed by atoms with E-state index in [0.717, 1.165) is 0 Å². The van der Waals surface area contributed by atoms with E-state index in [9.17, 15) is 18.4 Å². The van der Waals surface area contributed by atoms with Gasteiger partial charge in [-0.25, -0.2) is 8.78 Å². The van der Waals surface area contributed by atoms with Crippen molar-refractivity contribution in [3.8, 4) is 10.4 Å². The largest absolute Gasteiger partial charge is 0.366 e. The molecule has 1 aliphatic heterocycles. The van der Waals surface area contributed by atoms with E-state index in [0.29, 0.717) is 62.8 Å². The van der Waals surface area contributed by atoms with E-state index in [-0.39, 0.29) is 23.8 Å². The topological polar surface area (TPSA) is 50.0 Å². The highest BCUT2D eigenvalue weighted by atomic mass is 32.1. The first-order valence-electron chi connectivity index (χ1n) is 12.1. The number of fused-ring (bicyclic) bond motifs is 3. The predicted molar refractivity (Wildman–Crippen MR) is 148 cm³/mol. The standard InChI is InChI=1S/C28H22F2N4O2S2/c29-20-9-3-1-7-18(20)25-26-33(27(36)19-8-2-5-11-22(19)34(26)28(37)38-25)17-24(35)32-15-13-31(14-16-32)23-12-6-4-10-21(23)30/h1-12H,13-17H2. The average Bonchev–Trinajstić information content (AvgIpc) is 3.28. The van der Waals surface area contributed by atoms with Crippen molar-refractivity contribution < 1.29 is 13.6 Å². The molecule has 3 aromatic carbocycles. The molecule has 0 spiro atoms. The van der Waals surface area contributed by atoms with Gasteiger partial charge in [-0.05, 0) is 42.5 Å². The van der Waals surface area contributed by atoms with E-state index >= 15 is 0 Å². The predicted octanol–water partition coefficient (Wildman–Crippen LogP) is 5.34.